The van der Waals surface area contributed by atoms with Crippen molar-refractivity contribution in [1.82, 2.24) is 29.9 Å². The lowest BCUT2D eigenvalue weighted by Gasteiger charge is -2.06. The number of unbranched alkanes of at least 4 members (excludes halogenated alkanes) is 2. The average molecular weight is 404 g/mol. The Morgan fingerprint density at radius 3 is 2.60 bits per heavy atom. The Kier molecular flexibility index (Phi) is 5.83. The molecule has 0 atom stereocenters. The lowest BCUT2D eigenvalue weighted by atomic mass is 10.2. The van der Waals surface area contributed by atoms with Crippen LogP contribution in [0, 0.1) is 0 Å². The number of hydrogen-bond donors (Lipinski definition) is 1. The van der Waals surface area contributed by atoms with E-state index in [0.717, 1.165) is 36.1 Å². The van der Waals surface area contributed by atoms with Crippen molar-refractivity contribution in [3.05, 3.63) is 64.7 Å². The Hall–Kier alpha value is -3.55. The molecule has 1 N–H and O–H groups in total. The summed E-state index contributed by atoms with van der Waals surface area (Å²) >= 11 is 0. The maximum atomic E-state index is 12.4. The van der Waals surface area contributed by atoms with Gasteiger partial charge in [-0.25, -0.2) is 9.67 Å². The van der Waals surface area contributed by atoms with Crippen LogP contribution in [0.1, 0.15) is 31.5 Å². The minimum Gasteiger partial charge on any atom is -0.349 e. The highest BCUT2D eigenvalue weighted by atomic mass is 16.1. The van der Waals surface area contributed by atoms with Crippen LogP contribution < -0.4 is 10.9 Å². The molecular weight excluding hydrogens is 380 g/mol. The lowest BCUT2D eigenvalue weighted by molar-refractivity contribution is -0.121. The second-order valence-electron chi connectivity index (χ2n) is 7.30. The fourth-order valence-corrected chi connectivity index (χ4v) is 3.51. The predicted molar refractivity (Wildman–Crippen MR) is 115 cm³/mol. The molecule has 0 unspecified atom stereocenters. The van der Waals surface area contributed by atoms with Gasteiger partial charge in [-0.15, -0.1) is 5.10 Å². The van der Waals surface area contributed by atoms with Gasteiger partial charge in [0.05, 0.1) is 23.0 Å². The number of hydrogen-bond acceptors (Lipinski definition) is 5. The summed E-state index contributed by atoms with van der Waals surface area (Å²) in [6.45, 7) is 0.907. The summed E-state index contributed by atoms with van der Waals surface area (Å²) in [7, 11) is 1.95. The van der Waals surface area contributed by atoms with E-state index in [9.17, 15) is 9.59 Å². The first-order valence-electron chi connectivity index (χ1n) is 10.1. The first-order chi connectivity index (χ1) is 14.6. The van der Waals surface area contributed by atoms with E-state index < -0.39 is 0 Å². The van der Waals surface area contributed by atoms with Gasteiger partial charge in [0.25, 0.3) is 5.56 Å². The van der Waals surface area contributed by atoms with Crippen molar-refractivity contribution in [3.8, 4) is 0 Å². The van der Waals surface area contributed by atoms with Crippen LogP contribution >= 0.6 is 0 Å². The molecule has 4 aromatic rings. The number of imidazole rings is 1. The number of para-hydroxylation sites is 2. The van der Waals surface area contributed by atoms with Gasteiger partial charge in [-0.3, -0.25) is 9.59 Å². The van der Waals surface area contributed by atoms with Crippen LogP contribution in [-0.2, 0) is 24.9 Å². The van der Waals surface area contributed by atoms with Gasteiger partial charge >= 0.3 is 0 Å². The molecule has 2 aromatic heterocycles. The summed E-state index contributed by atoms with van der Waals surface area (Å²) in [5.41, 5.74) is 2.46. The quantitative estimate of drug-likeness (QED) is 0.456. The molecule has 0 fully saturated rings. The summed E-state index contributed by atoms with van der Waals surface area (Å²) < 4.78 is 3.39. The second-order valence-corrected chi connectivity index (χ2v) is 7.30. The molecular formula is C22H24N6O2. The van der Waals surface area contributed by atoms with Gasteiger partial charge in [0.1, 0.15) is 11.3 Å². The monoisotopic (exact) mass is 404 g/mol. The molecule has 1 amide bonds. The minimum absolute atomic E-state index is 0.00437. The highest BCUT2D eigenvalue weighted by Gasteiger charge is 2.09. The zero-order valence-electron chi connectivity index (χ0n) is 16.9. The summed E-state index contributed by atoms with van der Waals surface area (Å²) in [6, 6.07) is 15.1. The van der Waals surface area contributed by atoms with Gasteiger partial charge in [-0.05, 0) is 37.1 Å². The summed E-state index contributed by atoms with van der Waals surface area (Å²) in [5.74, 6) is 0.837. The van der Waals surface area contributed by atoms with Crippen molar-refractivity contribution in [3.63, 3.8) is 0 Å². The Balaban J connectivity index is 1.21. The fraction of sp³-hybridized carbons (Fsp3) is 0.318. The van der Waals surface area contributed by atoms with E-state index in [2.05, 4.69) is 20.6 Å². The molecule has 0 saturated heterocycles. The third kappa shape index (κ3) is 4.22. The van der Waals surface area contributed by atoms with Crippen molar-refractivity contribution in [2.24, 2.45) is 7.05 Å². The third-order valence-corrected chi connectivity index (χ3v) is 5.23. The summed E-state index contributed by atoms with van der Waals surface area (Å²) in [5, 5.41) is 11.6. The topological polar surface area (TPSA) is 94.7 Å². The number of amides is 1. The first-order valence-corrected chi connectivity index (χ1v) is 10.1. The Bertz CT molecular complexity index is 1240. The number of benzene rings is 2. The molecule has 0 bridgehead atoms. The molecule has 0 spiro atoms. The van der Waals surface area contributed by atoms with Crippen molar-refractivity contribution in [1.29, 1.82) is 0 Å². The number of aromatic nitrogens is 5. The van der Waals surface area contributed by atoms with Gasteiger partial charge < -0.3 is 9.88 Å². The van der Waals surface area contributed by atoms with E-state index in [-0.39, 0.29) is 11.5 Å². The number of aryl methyl sites for hydroxylation is 2. The molecule has 0 saturated carbocycles. The first kappa shape index (κ1) is 19.8. The van der Waals surface area contributed by atoms with Crippen molar-refractivity contribution in [2.45, 2.75) is 38.8 Å². The van der Waals surface area contributed by atoms with Gasteiger partial charge in [-0.1, -0.05) is 35.9 Å². The van der Waals surface area contributed by atoms with Crippen LogP contribution in [0.4, 0.5) is 0 Å². The molecule has 4 rings (SSSR count). The maximum absolute atomic E-state index is 12.4. The van der Waals surface area contributed by atoms with E-state index in [1.165, 1.54) is 4.68 Å². The molecule has 0 aliphatic heterocycles. The molecule has 2 heterocycles. The number of rotatable bonds is 8. The predicted octanol–water partition coefficient (Wildman–Crippen LogP) is 2.55. The van der Waals surface area contributed by atoms with Crippen LogP contribution in [0.2, 0.25) is 0 Å². The van der Waals surface area contributed by atoms with Crippen molar-refractivity contribution < 1.29 is 4.79 Å². The minimum atomic E-state index is -0.124. The number of carbonyl (C=O) groups is 1. The van der Waals surface area contributed by atoms with Gasteiger partial charge in [0.2, 0.25) is 5.91 Å². The SMILES string of the molecule is Cn1c(CNC(=O)CCCCCn2nnc3ccccc3c2=O)nc2ccccc21. The van der Waals surface area contributed by atoms with Crippen LogP contribution in [0.15, 0.2) is 53.3 Å². The Labute approximate surface area is 173 Å². The van der Waals surface area contributed by atoms with Crippen LogP contribution in [0.3, 0.4) is 0 Å². The number of nitrogens with one attached hydrogen (secondary N) is 1. The van der Waals surface area contributed by atoms with Crippen molar-refractivity contribution in [2.75, 3.05) is 0 Å². The van der Waals surface area contributed by atoms with Crippen LogP contribution in [0.25, 0.3) is 21.9 Å². The van der Waals surface area contributed by atoms with E-state index in [1.807, 2.05) is 48.0 Å². The highest BCUT2D eigenvalue weighted by Crippen LogP contribution is 2.14. The molecule has 0 radical (unpaired) electrons. The lowest BCUT2D eigenvalue weighted by Crippen LogP contribution is -2.25. The van der Waals surface area contributed by atoms with E-state index in [1.54, 1.807) is 12.1 Å². The zero-order chi connectivity index (χ0) is 20.9. The molecule has 0 aliphatic carbocycles. The maximum Gasteiger partial charge on any atom is 0.277 e. The molecule has 8 heteroatoms. The normalized spacial score (nSPS) is 11.2. The van der Waals surface area contributed by atoms with E-state index in [0.29, 0.717) is 30.4 Å². The van der Waals surface area contributed by atoms with E-state index in [4.69, 9.17) is 0 Å². The standard InChI is InChI=1S/C22H24N6O2/c1-27-19-12-7-6-11-18(19)24-20(27)15-23-21(29)13-3-2-8-14-28-22(30)16-9-4-5-10-17(16)25-26-28/h4-7,9-12H,2-3,8,13-15H2,1H3,(H,23,29). The fourth-order valence-electron chi connectivity index (χ4n) is 3.51. The van der Waals surface area contributed by atoms with Gasteiger partial charge in [0, 0.05) is 20.0 Å². The van der Waals surface area contributed by atoms with Gasteiger partial charge in [0.15, 0.2) is 0 Å². The summed E-state index contributed by atoms with van der Waals surface area (Å²) in [4.78, 5) is 29.1. The zero-order valence-corrected chi connectivity index (χ0v) is 16.9. The number of fused-ring (bicyclic) bond motifs is 2. The number of carbonyl (C=O) groups excluding carboxylic acids is 1. The van der Waals surface area contributed by atoms with E-state index >= 15 is 0 Å². The Morgan fingerprint density at radius 1 is 1.00 bits per heavy atom. The molecule has 2 aromatic carbocycles. The van der Waals surface area contributed by atoms with Crippen molar-refractivity contribution >= 4 is 27.8 Å². The van der Waals surface area contributed by atoms with Crippen LogP contribution in [0.5, 0.6) is 0 Å². The molecule has 8 nitrogen and oxygen atoms in total. The molecule has 0 aliphatic rings. The molecule has 154 valence electrons. The average Bonchev–Trinajstić information content (AvgIpc) is 3.09. The summed E-state index contributed by atoms with van der Waals surface area (Å²) in [6.07, 6.45) is 2.80. The van der Waals surface area contributed by atoms with Gasteiger partial charge in [-0.2, -0.15) is 0 Å². The molecule has 30 heavy (non-hydrogen) atoms. The third-order valence-electron chi connectivity index (χ3n) is 5.23. The smallest absolute Gasteiger partial charge is 0.277 e. The Morgan fingerprint density at radius 2 is 1.77 bits per heavy atom. The largest absolute Gasteiger partial charge is 0.349 e. The number of nitrogens with zero attached hydrogens (tertiary/aromatic N) is 5. The second kappa shape index (κ2) is 8.86. The highest BCUT2D eigenvalue weighted by molar-refractivity contribution is 5.77. The van der Waals surface area contributed by atoms with Crippen LogP contribution in [-0.4, -0.2) is 30.5 Å².